The van der Waals surface area contributed by atoms with E-state index in [-0.39, 0.29) is 0 Å². The smallest absolute Gasteiger partial charge is 0.223 e. The van der Waals surface area contributed by atoms with Crippen LogP contribution in [0.3, 0.4) is 0 Å². The maximum Gasteiger partial charge on any atom is 0.403 e. The third kappa shape index (κ3) is 6.01. The fourth-order valence-corrected chi connectivity index (χ4v) is 5.95. The summed E-state index contributed by atoms with van der Waals surface area (Å²) < 4.78 is 119. The molecule has 1 aliphatic carbocycles. The van der Waals surface area contributed by atoms with Gasteiger partial charge in [0.2, 0.25) is 0 Å². The molecule has 0 aromatic rings. The van der Waals surface area contributed by atoms with Crippen molar-refractivity contribution < 1.29 is 43.2 Å². The molecule has 0 aliphatic heterocycles. The van der Waals surface area contributed by atoms with Crippen LogP contribution in [0.15, 0.2) is 34.1 Å². The van der Waals surface area contributed by atoms with Gasteiger partial charge < -0.3 is 0 Å². The highest BCUT2D eigenvalue weighted by molar-refractivity contribution is 8.14. The van der Waals surface area contributed by atoms with E-state index in [1.54, 1.807) is 0 Å². The summed E-state index contributed by atoms with van der Waals surface area (Å²) in [6.45, 7) is 0. The lowest BCUT2D eigenvalue weighted by Crippen LogP contribution is -2.32. The van der Waals surface area contributed by atoms with E-state index in [2.05, 4.69) is 0 Å². The van der Waals surface area contributed by atoms with Crippen molar-refractivity contribution in [1.29, 1.82) is 0 Å². The van der Waals surface area contributed by atoms with Gasteiger partial charge in [0.15, 0.2) is 35.4 Å². The molecule has 0 amide bonds. The fourth-order valence-electron chi connectivity index (χ4n) is 1.82. The van der Waals surface area contributed by atoms with Crippen LogP contribution in [0.4, 0.5) is 26.3 Å². The van der Waals surface area contributed by atoms with Gasteiger partial charge in [-0.1, -0.05) is 24.3 Å². The van der Waals surface area contributed by atoms with Crippen LogP contribution in [0, 0.1) is 0 Å². The third-order valence-electron chi connectivity index (χ3n) is 2.42. The van der Waals surface area contributed by atoms with E-state index >= 15 is 0 Å². The van der Waals surface area contributed by atoms with Crippen molar-refractivity contribution in [2.75, 3.05) is 11.5 Å². The molecule has 23 heavy (non-hydrogen) atoms. The molecular weight excluding hydrogens is 374 g/mol. The molecule has 0 heterocycles. The molecule has 4 nitrogen and oxygen atoms in total. The van der Waals surface area contributed by atoms with Crippen molar-refractivity contribution in [3.63, 3.8) is 0 Å². The predicted molar refractivity (Wildman–Crippen MR) is 69.6 cm³/mol. The second kappa shape index (κ2) is 6.30. The minimum atomic E-state index is -5.53. The van der Waals surface area contributed by atoms with Gasteiger partial charge in [0.25, 0.3) is 0 Å². The lowest BCUT2D eigenvalue weighted by Gasteiger charge is -2.16. The Balaban J connectivity index is 3.54. The van der Waals surface area contributed by atoms with E-state index in [1.165, 1.54) is 12.2 Å². The molecule has 1 rings (SSSR count). The summed E-state index contributed by atoms with van der Waals surface area (Å²) in [6.07, 6.45) is -6.49. The number of rotatable bonds is 4. The standard InChI is InChI=1S/C11H10F6O4S2/c12-10(13,14)6-22(18,19)9(8-4-2-1-3-5-8)23(20,21)7-11(15,16)17/h1-4H,5-7H2. The Labute approximate surface area is 128 Å². The number of hydrogen-bond acceptors (Lipinski definition) is 4. The molecule has 0 saturated carbocycles. The van der Waals surface area contributed by atoms with E-state index in [4.69, 9.17) is 0 Å². The molecule has 0 atom stereocenters. The van der Waals surface area contributed by atoms with Crippen LogP contribution in [-0.4, -0.2) is 40.7 Å². The Morgan fingerprint density at radius 2 is 1.30 bits per heavy atom. The monoisotopic (exact) mass is 384 g/mol. The summed E-state index contributed by atoms with van der Waals surface area (Å²) in [4.78, 5) is 0. The van der Waals surface area contributed by atoms with Crippen molar-refractivity contribution >= 4 is 19.7 Å². The summed E-state index contributed by atoms with van der Waals surface area (Å²) in [6, 6.07) is 0. The fraction of sp³-hybridized carbons (Fsp3) is 0.455. The third-order valence-corrected chi connectivity index (χ3v) is 7.01. The Bertz CT molecular complexity index is 703. The Morgan fingerprint density at radius 1 is 0.870 bits per heavy atom. The van der Waals surface area contributed by atoms with E-state index in [9.17, 15) is 43.2 Å². The molecular formula is C11H10F6O4S2. The van der Waals surface area contributed by atoms with Gasteiger partial charge in [-0.3, -0.25) is 0 Å². The summed E-state index contributed by atoms with van der Waals surface area (Å²) in [7, 11) is -11.1. The average Bonchev–Trinajstić information content (AvgIpc) is 2.21. The lowest BCUT2D eigenvalue weighted by molar-refractivity contribution is -0.107. The number of hydrogen-bond donors (Lipinski definition) is 0. The van der Waals surface area contributed by atoms with Crippen molar-refractivity contribution in [1.82, 2.24) is 0 Å². The lowest BCUT2D eigenvalue weighted by atomic mass is 10.1. The van der Waals surface area contributed by atoms with E-state index in [1.807, 2.05) is 0 Å². The maximum absolute atomic E-state index is 12.4. The average molecular weight is 384 g/mol. The molecule has 0 radical (unpaired) electrons. The highest BCUT2D eigenvalue weighted by Crippen LogP contribution is 2.32. The first-order valence-corrected chi connectivity index (χ1v) is 9.10. The molecule has 0 bridgehead atoms. The summed E-state index contributed by atoms with van der Waals surface area (Å²) >= 11 is 0. The summed E-state index contributed by atoms with van der Waals surface area (Å²) in [5.74, 6) is -5.12. The molecule has 0 unspecified atom stereocenters. The largest absolute Gasteiger partial charge is 0.403 e. The van der Waals surface area contributed by atoms with Crippen molar-refractivity contribution in [3.05, 3.63) is 34.1 Å². The van der Waals surface area contributed by atoms with Gasteiger partial charge in [-0.2, -0.15) is 26.3 Å². The highest BCUT2D eigenvalue weighted by Gasteiger charge is 2.46. The first-order valence-electron chi connectivity index (χ1n) is 5.79. The van der Waals surface area contributed by atoms with E-state index < -0.39 is 59.8 Å². The molecule has 0 aromatic heterocycles. The summed E-state index contributed by atoms with van der Waals surface area (Å²) in [5.41, 5.74) is -0.638. The molecule has 0 spiro atoms. The Morgan fingerprint density at radius 3 is 1.61 bits per heavy atom. The van der Waals surface area contributed by atoms with Crippen molar-refractivity contribution in [2.45, 2.75) is 18.8 Å². The van der Waals surface area contributed by atoms with Crippen molar-refractivity contribution in [2.24, 2.45) is 0 Å². The highest BCUT2D eigenvalue weighted by atomic mass is 32.3. The summed E-state index contributed by atoms with van der Waals surface area (Å²) in [5, 5.41) is 0. The number of halogens is 6. The number of alkyl halides is 6. The van der Waals surface area contributed by atoms with Gasteiger partial charge in [-0.05, 0) is 12.0 Å². The van der Waals surface area contributed by atoms with Crippen LogP contribution < -0.4 is 0 Å². The molecule has 0 N–H and O–H groups in total. The van der Waals surface area contributed by atoms with Gasteiger partial charge in [-0.25, -0.2) is 16.8 Å². The molecule has 132 valence electrons. The van der Waals surface area contributed by atoms with Crippen LogP contribution in [0.5, 0.6) is 0 Å². The van der Waals surface area contributed by atoms with Crippen LogP contribution in [0.2, 0.25) is 0 Å². The SMILES string of the molecule is O=S(=O)(CC(F)(F)F)C(=C1C=CC=CC1)S(=O)(=O)CC(F)(F)F. The Kier molecular flexibility index (Phi) is 5.41. The minimum absolute atomic E-state index is 0.417. The molecule has 1 aliphatic rings. The first kappa shape index (κ1) is 19.7. The van der Waals surface area contributed by atoms with Crippen LogP contribution in [-0.2, 0) is 19.7 Å². The van der Waals surface area contributed by atoms with Crippen LogP contribution in [0.25, 0.3) is 0 Å². The van der Waals surface area contributed by atoms with Crippen molar-refractivity contribution in [3.8, 4) is 0 Å². The normalized spacial score (nSPS) is 16.7. The van der Waals surface area contributed by atoms with E-state index in [0.717, 1.165) is 12.2 Å². The zero-order valence-corrected chi connectivity index (χ0v) is 12.8. The van der Waals surface area contributed by atoms with Gasteiger partial charge in [0, 0.05) is 0 Å². The zero-order chi connectivity index (χ0) is 18.1. The van der Waals surface area contributed by atoms with Crippen LogP contribution in [0.1, 0.15) is 6.42 Å². The molecule has 0 aromatic carbocycles. The maximum atomic E-state index is 12.4. The number of sulfone groups is 2. The number of allylic oxidation sites excluding steroid dienone is 5. The first-order chi connectivity index (χ1) is 10.1. The van der Waals surface area contributed by atoms with Crippen LogP contribution >= 0.6 is 0 Å². The molecule has 12 heteroatoms. The predicted octanol–water partition coefficient (Wildman–Crippen LogP) is 2.67. The van der Waals surface area contributed by atoms with Gasteiger partial charge in [-0.15, -0.1) is 0 Å². The van der Waals surface area contributed by atoms with Gasteiger partial charge in [0.05, 0.1) is 0 Å². The quantitative estimate of drug-likeness (QED) is 0.699. The molecule has 0 saturated heterocycles. The zero-order valence-electron chi connectivity index (χ0n) is 11.1. The van der Waals surface area contributed by atoms with E-state index in [0.29, 0.717) is 0 Å². The molecule has 0 fully saturated rings. The Hall–Kier alpha value is -1.30. The van der Waals surface area contributed by atoms with Gasteiger partial charge >= 0.3 is 12.4 Å². The minimum Gasteiger partial charge on any atom is -0.223 e. The topological polar surface area (TPSA) is 68.3 Å². The second-order valence-electron chi connectivity index (χ2n) is 4.55. The second-order valence-corrected chi connectivity index (χ2v) is 8.66. The van der Waals surface area contributed by atoms with Gasteiger partial charge in [0.1, 0.15) is 0 Å².